The number of benzene rings is 1. The second-order valence-corrected chi connectivity index (χ2v) is 5.65. The largest absolute Gasteiger partial charge is 0.378 e. The van der Waals surface area contributed by atoms with Gasteiger partial charge in [0.05, 0.1) is 6.10 Å². The van der Waals surface area contributed by atoms with Gasteiger partial charge in [0, 0.05) is 31.8 Å². The van der Waals surface area contributed by atoms with E-state index in [-0.39, 0.29) is 11.9 Å². The number of ether oxygens (including phenoxy) is 1. The molecule has 0 aliphatic carbocycles. The lowest BCUT2D eigenvalue weighted by Gasteiger charge is -2.32. The molecule has 4 nitrogen and oxygen atoms in total. The maximum Gasteiger partial charge on any atom is 0.228 e. The average Bonchev–Trinajstić information content (AvgIpc) is 2.97. The zero-order valence-electron chi connectivity index (χ0n) is 12.0. The molecule has 0 saturated carbocycles. The SMILES string of the molecule is CN1C(=O)CC(NCCC2CCCO2)c2ccccc21. The van der Waals surface area contributed by atoms with Gasteiger partial charge in [0.15, 0.2) is 0 Å². The Morgan fingerprint density at radius 3 is 3.05 bits per heavy atom. The highest BCUT2D eigenvalue weighted by Gasteiger charge is 2.28. The number of hydrogen-bond acceptors (Lipinski definition) is 3. The van der Waals surface area contributed by atoms with Crippen molar-refractivity contribution < 1.29 is 9.53 Å². The van der Waals surface area contributed by atoms with Crippen LogP contribution in [0, 0.1) is 0 Å². The van der Waals surface area contributed by atoms with E-state index in [2.05, 4.69) is 11.4 Å². The Morgan fingerprint density at radius 2 is 2.25 bits per heavy atom. The summed E-state index contributed by atoms with van der Waals surface area (Å²) in [5, 5.41) is 3.53. The second kappa shape index (κ2) is 5.94. The number of rotatable bonds is 4. The molecular weight excluding hydrogens is 252 g/mol. The molecule has 1 N–H and O–H groups in total. The lowest BCUT2D eigenvalue weighted by molar-refractivity contribution is -0.119. The summed E-state index contributed by atoms with van der Waals surface area (Å²) in [6.07, 6.45) is 4.33. The van der Waals surface area contributed by atoms with Crippen molar-refractivity contribution in [3.05, 3.63) is 29.8 Å². The minimum Gasteiger partial charge on any atom is -0.378 e. The van der Waals surface area contributed by atoms with Gasteiger partial charge in [-0.05, 0) is 37.4 Å². The molecular formula is C16H22N2O2. The van der Waals surface area contributed by atoms with Gasteiger partial charge in [-0.1, -0.05) is 18.2 Å². The van der Waals surface area contributed by atoms with Gasteiger partial charge in [-0.2, -0.15) is 0 Å². The van der Waals surface area contributed by atoms with Gasteiger partial charge < -0.3 is 15.0 Å². The van der Waals surface area contributed by atoms with Crippen LogP contribution < -0.4 is 10.2 Å². The molecule has 0 bridgehead atoms. The minimum atomic E-state index is 0.135. The van der Waals surface area contributed by atoms with E-state index in [0.29, 0.717) is 12.5 Å². The topological polar surface area (TPSA) is 41.6 Å². The third-order valence-corrected chi connectivity index (χ3v) is 4.31. The summed E-state index contributed by atoms with van der Waals surface area (Å²) < 4.78 is 5.63. The minimum absolute atomic E-state index is 0.135. The molecule has 2 atom stereocenters. The van der Waals surface area contributed by atoms with Crippen molar-refractivity contribution in [3.63, 3.8) is 0 Å². The van der Waals surface area contributed by atoms with Gasteiger partial charge >= 0.3 is 0 Å². The lowest BCUT2D eigenvalue weighted by Crippen LogP contribution is -2.38. The molecule has 2 aliphatic heterocycles. The molecule has 1 amide bonds. The highest BCUT2D eigenvalue weighted by Crippen LogP contribution is 2.33. The fourth-order valence-corrected chi connectivity index (χ4v) is 3.12. The fraction of sp³-hybridized carbons (Fsp3) is 0.562. The molecule has 4 heteroatoms. The molecule has 20 heavy (non-hydrogen) atoms. The monoisotopic (exact) mass is 274 g/mol. The van der Waals surface area contributed by atoms with Gasteiger partial charge in [-0.25, -0.2) is 0 Å². The van der Waals surface area contributed by atoms with Gasteiger partial charge in [0.25, 0.3) is 0 Å². The highest BCUT2D eigenvalue weighted by atomic mass is 16.5. The number of amides is 1. The number of nitrogens with one attached hydrogen (secondary N) is 1. The Balaban J connectivity index is 1.64. The van der Waals surface area contributed by atoms with Crippen LogP contribution in [0.4, 0.5) is 5.69 Å². The zero-order chi connectivity index (χ0) is 13.9. The van der Waals surface area contributed by atoms with Crippen LogP contribution in [0.1, 0.15) is 37.3 Å². The quantitative estimate of drug-likeness (QED) is 0.915. The molecule has 108 valence electrons. The Bertz CT molecular complexity index is 483. The van der Waals surface area contributed by atoms with E-state index in [0.717, 1.165) is 25.3 Å². The molecule has 0 radical (unpaired) electrons. The number of carbonyl (C=O) groups excluding carboxylic acids is 1. The Hall–Kier alpha value is -1.39. The molecule has 0 aromatic heterocycles. The average molecular weight is 274 g/mol. The molecule has 0 spiro atoms. The highest BCUT2D eigenvalue weighted by molar-refractivity contribution is 5.96. The van der Waals surface area contributed by atoms with Crippen molar-refractivity contribution in [2.45, 2.75) is 37.8 Å². The van der Waals surface area contributed by atoms with Crippen molar-refractivity contribution >= 4 is 11.6 Å². The van der Waals surface area contributed by atoms with E-state index in [9.17, 15) is 4.79 Å². The van der Waals surface area contributed by atoms with Gasteiger partial charge in [-0.3, -0.25) is 4.79 Å². The second-order valence-electron chi connectivity index (χ2n) is 5.65. The first-order chi connectivity index (χ1) is 9.75. The number of fused-ring (bicyclic) bond motifs is 1. The van der Waals surface area contributed by atoms with E-state index in [1.807, 2.05) is 25.2 Å². The predicted octanol–water partition coefficient (Wildman–Crippen LogP) is 2.25. The third-order valence-electron chi connectivity index (χ3n) is 4.31. The van der Waals surface area contributed by atoms with Crippen LogP contribution in [0.15, 0.2) is 24.3 Å². The normalized spacial score (nSPS) is 25.9. The molecule has 2 aliphatic rings. The van der Waals surface area contributed by atoms with Gasteiger partial charge in [0.1, 0.15) is 0 Å². The first-order valence-electron chi connectivity index (χ1n) is 7.46. The Morgan fingerprint density at radius 1 is 1.40 bits per heavy atom. The summed E-state index contributed by atoms with van der Waals surface area (Å²) in [4.78, 5) is 13.8. The van der Waals surface area contributed by atoms with E-state index in [1.54, 1.807) is 4.90 Å². The zero-order valence-corrected chi connectivity index (χ0v) is 12.0. The summed E-state index contributed by atoms with van der Waals surface area (Å²) >= 11 is 0. The number of nitrogens with zero attached hydrogens (tertiary/aromatic N) is 1. The third kappa shape index (κ3) is 2.72. The molecule has 2 heterocycles. The summed E-state index contributed by atoms with van der Waals surface area (Å²) in [6.45, 7) is 1.81. The van der Waals surface area contributed by atoms with E-state index >= 15 is 0 Å². The number of para-hydroxylation sites is 1. The van der Waals surface area contributed by atoms with E-state index < -0.39 is 0 Å². The molecule has 1 fully saturated rings. The van der Waals surface area contributed by atoms with Crippen molar-refractivity contribution in [2.24, 2.45) is 0 Å². The van der Waals surface area contributed by atoms with Crippen LogP contribution in [0.3, 0.4) is 0 Å². The number of hydrogen-bond donors (Lipinski definition) is 1. The van der Waals surface area contributed by atoms with Crippen LogP contribution in [-0.2, 0) is 9.53 Å². The van der Waals surface area contributed by atoms with Crippen molar-refractivity contribution in [2.75, 3.05) is 25.1 Å². The van der Waals surface area contributed by atoms with Crippen molar-refractivity contribution in [3.8, 4) is 0 Å². The van der Waals surface area contributed by atoms with Gasteiger partial charge in [-0.15, -0.1) is 0 Å². The fourth-order valence-electron chi connectivity index (χ4n) is 3.12. The van der Waals surface area contributed by atoms with Crippen LogP contribution in [0.25, 0.3) is 0 Å². The smallest absolute Gasteiger partial charge is 0.228 e. The van der Waals surface area contributed by atoms with Crippen LogP contribution in [0.2, 0.25) is 0 Å². The predicted molar refractivity (Wildman–Crippen MR) is 78.8 cm³/mol. The maximum absolute atomic E-state index is 12.0. The summed E-state index contributed by atoms with van der Waals surface area (Å²) in [6, 6.07) is 8.29. The molecule has 2 unspecified atom stereocenters. The molecule has 1 aromatic rings. The van der Waals surface area contributed by atoms with Crippen LogP contribution >= 0.6 is 0 Å². The van der Waals surface area contributed by atoms with E-state index in [1.165, 1.54) is 18.4 Å². The van der Waals surface area contributed by atoms with Crippen LogP contribution in [0.5, 0.6) is 0 Å². The Labute approximate surface area is 120 Å². The standard InChI is InChI=1S/C16H22N2O2/c1-18-15-7-3-2-6-13(15)14(11-16(18)19)17-9-8-12-5-4-10-20-12/h2-3,6-7,12,14,17H,4-5,8-11H2,1H3. The number of anilines is 1. The van der Waals surface area contributed by atoms with Crippen LogP contribution in [-0.4, -0.2) is 32.2 Å². The summed E-state index contributed by atoms with van der Waals surface area (Å²) in [5.74, 6) is 0.179. The molecule has 1 saturated heterocycles. The van der Waals surface area contributed by atoms with Gasteiger partial charge in [0.2, 0.25) is 5.91 Å². The summed E-state index contributed by atoms with van der Waals surface area (Å²) in [7, 11) is 1.85. The number of carbonyl (C=O) groups is 1. The first kappa shape index (κ1) is 13.6. The summed E-state index contributed by atoms with van der Waals surface area (Å²) in [5.41, 5.74) is 2.25. The molecule has 1 aromatic carbocycles. The van der Waals surface area contributed by atoms with Crippen molar-refractivity contribution in [1.29, 1.82) is 0 Å². The van der Waals surface area contributed by atoms with E-state index in [4.69, 9.17) is 4.74 Å². The van der Waals surface area contributed by atoms with Crippen molar-refractivity contribution in [1.82, 2.24) is 5.32 Å². The Kier molecular flexibility index (Phi) is 4.03. The molecule has 3 rings (SSSR count). The first-order valence-corrected chi connectivity index (χ1v) is 7.46. The lowest BCUT2D eigenvalue weighted by atomic mass is 9.96. The maximum atomic E-state index is 12.0.